The van der Waals surface area contributed by atoms with Gasteiger partial charge >= 0.3 is 0 Å². The predicted molar refractivity (Wildman–Crippen MR) is 148 cm³/mol. The number of rotatable bonds is 8. The van der Waals surface area contributed by atoms with Crippen LogP contribution in [0, 0.1) is 5.92 Å². The predicted octanol–water partition coefficient (Wildman–Crippen LogP) is 4.81. The zero-order chi connectivity index (χ0) is 27.3. The molecule has 4 rings (SSSR count). The van der Waals surface area contributed by atoms with Crippen molar-refractivity contribution in [2.45, 2.75) is 63.1 Å². The van der Waals surface area contributed by atoms with E-state index in [-0.39, 0.29) is 29.2 Å². The van der Waals surface area contributed by atoms with E-state index in [1.165, 1.54) is 16.6 Å². The fraction of sp³-hybridized carbons (Fsp3) is 0.367. The minimum Gasteiger partial charge on any atom is -0.346 e. The molecule has 1 aromatic heterocycles. The highest BCUT2D eigenvalue weighted by Gasteiger charge is 2.38. The molecule has 1 fully saturated rings. The SMILES string of the molecule is CC(C)CC(C(=O)NC1CCC(C)N(S(=O)(=O)c2ccccn2)CC1=O)c1cccc(-c2ccccc2)c1. The Balaban J connectivity index is 1.54. The van der Waals surface area contributed by atoms with Crippen molar-refractivity contribution in [1.29, 1.82) is 0 Å². The first-order valence-electron chi connectivity index (χ1n) is 13.1. The Kier molecular flexibility index (Phi) is 8.74. The number of aromatic nitrogens is 1. The number of carbonyl (C=O) groups excluding carboxylic acids is 2. The summed E-state index contributed by atoms with van der Waals surface area (Å²) in [7, 11) is -3.94. The molecule has 3 aromatic rings. The highest BCUT2D eigenvalue weighted by atomic mass is 32.2. The molecule has 3 atom stereocenters. The van der Waals surface area contributed by atoms with Crippen LogP contribution in [0.1, 0.15) is 51.5 Å². The monoisotopic (exact) mass is 533 g/mol. The Morgan fingerprint density at radius 1 is 1.00 bits per heavy atom. The van der Waals surface area contributed by atoms with E-state index in [4.69, 9.17) is 0 Å². The van der Waals surface area contributed by atoms with Crippen LogP contribution in [0.15, 0.2) is 84.0 Å². The van der Waals surface area contributed by atoms with Crippen LogP contribution in [-0.2, 0) is 19.6 Å². The van der Waals surface area contributed by atoms with Gasteiger partial charge in [-0.05, 0) is 60.9 Å². The number of hydrogen-bond acceptors (Lipinski definition) is 5. The summed E-state index contributed by atoms with van der Waals surface area (Å²) in [6.45, 7) is 5.62. The van der Waals surface area contributed by atoms with Gasteiger partial charge < -0.3 is 5.32 Å². The van der Waals surface area contributed by atoms with E-state index in [0.717, 1.165) is 16.7 Å². The summed E-state index contributed by atoms with van der Waals surface area (Å²) in [4.78, 5) is 30.9. The van der Waals surface area contributed by atoms with E-state index < -0.39 is 28.0 Å². The van der Waals surface area contributed by atoms with Crippen LogP contribution in [0.2, 0.25) is 0 Å². The molecule has 8 heteroatoms. The van der Waals surface area contributed by atoms with Crippen LogP contribution >= 0.6 is 0 Å². The summed E-state index contributed by atoms with van der Waals surface area (Å²) >= 11 is 0. The quantitative estimate of drug-likeness (QED) is 0.449. The fourth-order valence-corrected chi connectivity index (χ4v) is 6.49. The first-order chi connectivity index (χ1) is 18.2. The zero-order valence-electron chi connectivity index (χ0n) is 22.1. The van der Waals surface area contributed by atoms with Gasteiger partial charge in [0.1, 0.15) is 0 Å². The number of nitrogens with zero attached hydrogens (tertiary/aromatic N) is 2. The van der Waals surface area contributed by atoms with Gasteiger partial charge in [-0.3, -0.25) is 9.59 Å². The third-order valence-corrected chi connectivity index (χ3v) is 8.89. The molecular weight excluding hydrogens is 498 g/mol. The van der Waals surface area contributed by atoms with Crippen molar-refractivity contribution in [2.75, 3.05) is 6.54 Å². The summed E-state index contributed by atoms with van der Waals surface area (Å²) < 4.78 is 27.6. The molecule has 1 amide bonds. The Labute approximate surface area is 225 Å². The van der Waals surface area contributed by atoms with Crippen molar-refractivity contribution in [1.82, 2.24) is 14.6 Å². The number of ketones is 1. The van der Waals surface area contributed by atoms with Gasteiger partial charge in [-0.2, -0.15) is 4.31 Å². The topological polar surface area (TPSA) is 96.4 Å². The first kappa shape index (κ1) is 27.7. The van der Waals surface area contributed by atoms with E-state index in [1.807, 2.05) is 54.6 Å². The summed E-state index contributed by atoms with van der Waals surface area (Å²) in [6.07, 6.45) is 2.86. The second-order valence-electron chi connectivity index (χ2n) is 10.3. The molecule has 7 nitrogen and oxygen atoms in total. The Bertz CT molecular complexity index is 1360. The molecule has 1 aliphatic heterocycles. The number of amides is 1. The van der Waals surface area contributed by atoms with Gasteiger partial charge in [0.2, 0.25) is 5.91 Å². The molecule has 1 aliphatic rings. The maximum absolute atomic E-state index is 13.6. The molecule has 1 saturated heterocycles. The average molecular weight is 534 g/mol. The summed E-state index contributed by atoms with van der Waals surface area (Å²) in [6, 6.07) is 21.5. The Morgan fingerprint density at radius 2 is 1.71 bits per heavy atom. The summed E-state index contributed by atoms with van der Waals surface area (Å²) in [5.41, 5.74) is 2.99. The van der Waals surface area contributed by atoms with Gasteiger partial charge in [0.25, 0.3) is 10.0 Å². The lowest BCUT2D eigenvalue weighted by Crippen LogP contribution is -2.46. The van der Waals surface area contributed by atoms with Crippen molar-refractivity contribution in [3.63, 3.8) is 0 Å². The van der Waals surface area contributed by atoms with Crippen LogP contribution in [0.25, 0.3) is 11.1 Å². The lowest BCUT2D eigenvalue weighted by atomic mass is 9.87. The van der Waals surface area contributed by atoms with Gasteiger partial charge in [0.05, 0.1) is 18.5 Å². The third kappa shape index (κ3) is 6.37. The molecule has 2 aromatic carbocycles. The lowest BCUT2D eigenvalue weighted by Gasteiger charge is -2.25. The highest BCUT2D eigenvalue weighted by Crippen LogP contribution is 2.29. The van der Waals surface area contributed by atoms with Crippen molar-refractivity contribution < 1.29 is 18.0 Å². The molecule has 0 radical (unpaired) electrons. The molecule has 0 spiro atoms. The number of carbonyl (C=O) groups is 2. The molecule has 1 N–H and O–H groups in total. The molecule has 0 bridgehead atoms. The second-order valence-corrected chi connectivity index (χ2v) is 12.2. The first-order valence-corrected chi connectivity index (χ1v) is 14.5. The van der Waals surface area contributed by atoms with Gasteiger partial charge in [0.15, 0.2) is 10.8 Å². The van der Waals surface area contributed by atoms with Crippen LogP contribution in [0.4, 0.5) is 0 Å². The Hall–Kier alpha value is -3.36. The lowest BCUT2D eigenvalue weighted by molar-refractivity contribution is -0.128. The maximum Gasteiger partial charge on any atom is 0.261 e. The summed E-state index contributed by atoms with van der Waals surface area (Å²) in [5.74, 6) is -0.699. The van der Waals surface area contributed by atoms with Gasteiger partial charge in [-0.15, -0.1) is 0 Å². The molecule has 200 valence electrons. The van der Waals surface area contributed by atoms with Gasteiger partial charge in [0, 0.05) is 12.2 Å². The molecule has 2 heterocycles. The molecule has 3 unspecified atom stereocenters. The smallest absolute Gasteiger partial charge is 0.261 e. The average Bonchev–Trinajstić information content (AvgIpc) is 3.06. The molecular formula is C30H35N3O4S. The van der Waals surface area contributed by atoms with Crippen molar-refractivity contribution in [3.05, 3.63) is 84.6 Å². The van der Waals surface area contributed by atoms with Crippen molar-refractivity contribution in [2.24, 2.45) is 5.92 Å². The number of nitrogens with one attached hydrogen (secondary N) is 1. The molecule has 0 saturated carbocycles. The Morgan fingerprint density at radius 3 is 2.39 bits per heavy atom. The fourth-order valence-electron chi connectivity index (χ4n) is 4.93. The molecule has 38 heavy (non-hydrogen) atoms. The third-order valence-electron chi connectivity index (χ3n) is 7.01. The normalized spacial score (nSPS) is 19.6. The number of hydrogen-bond donors (Lipinski definition) is 1. The standard InChI is InChI=1S/C30H35N3O4S/c1-21(2)18-26(25-13-9-12-24(19-25)23-10-5-4-6-11-23)30(35)32-27-16-15-22(3)33(20-28(27)34)38(36,37)29-14-7-8-17-31-29/h4-14,17,19,21-22,26-27H,15-16,18,20H2,1-3H3,(H,32,35). The molecule has 0 aliphatic carbocycles. The largest absolute Gasteiger partial charge is 0.346 e. The minimum absolute atomic E-state index is 0.0857. The van der Waals surface area contributed by atoms with E-state index in [0.29, 0.717) is 19.3 Å². The van der Waals surface area contributed by atoms with E-state index in [2.05, 4.69) is 24.1 Å². The second kappa shape index (κ2) is 12.0. The number of Topliss-reactive ketones (excluding diaryl/α,β-unsaturated/α-hetero) is 1. The van der Waals surface area contributed by atoms with Crippen LogP contribution in [0.5, 0.6) is 0 Å². The zero-order valence-corrected chi connectivity index (χ0v) is 22.9. The van der Waals surface area contributed by atoms with Gasteiger partial charge in [-0.1, -0.05) is 74.5 Å². The van der Waals surface area contributed by atoms with E-state index in [1.54, 1.807) is 19.1 Å². The number of benzene rings is 2. The van der Waals surface area contributed by atoms with Crippen LogP contribution in [0.3, 0.4) is 0 Å². The van der Waals surface area contributed by atoms with Crippen molar-refractivity contribution >= 4 is 21.7 Å². The van der Waals surface area contributed by atoms with Gasteiger partial charge in [-0.25, -0.2) is 13.4 Å². The van der Waals surface area contributed by atoms with Crippen LogP contribution in [-0.4, -0.2) is 48.0 Å². The van der Waals surface area contributed by atoms with E-state index in [9.17, 15) is 18.0 Å². The number of pyridine rings is 1. The minimum atomic E-state index is -3.94. The van der Waals surface area contributed by atoms with Crippen LogP contribution < -0.4 is 5.32 Å². The van der Waals surface area contributed by atoms with Crippen molar-refractivity contribution in [3.8, 4) is 11.1 Å². The summed E-state index contributed by atoms with van der Waals surface area (Å²) in [5, 5.41) is 2.89. The number of sulfonamides is 1. The highest BCUT2D eigenvalue weighted by molar-refractivity contribution is 7.89. The maximum atomic E-state index is 13.6. The van der Waals surface area contributed by atoms with E-state index >= 15 is 0 Å².